The third-order valence-electron chi connectivity index (χ3n) is 3.60. The fourth-order valence-corrected chi connectivity index (χ4v) is 2.21. The van der Waals surface area contributed by atoms with Crippen LogP contribution < -0.4 is 5.32 Å². The van der Waals surface area contributed by atoms with E-state index in [-0.39, 0.29) is 24.4 Å². The zero-order valence-corrected chi connectivity index (χ0v) is 14.3. The van der Waals surface area contributed by atoms with E-state index in [0.29, 0.717) is 23.8 Å². The van der Waals surface area contributed by atoms with Crippen LogP contribution in [-0.2, 0) is 6.42 Å². The van der Waals surface area contributed by atoms with Gasteiger partial charge in [-0.3, -0.25) is 0 Å². The lowest BCUT2D eigenvalue weighted by Crippen LogP contribution is -2.24. The predicted molar refractivity (Wildman–Crippen MR) is 88.7 cm³/mol. The molecule has 124 valence electrons. The van der Waals surface area contributed by atoms with Crippen molar-refractivity contribution in [2.24, 2.45) is 0 Å². The molecule has 3 aromatic heterocycles. The Morgan fingerprint density at radius 2 is 1.96 bits per heavy atom. The Morgan fingerprint density at radius 1 is 1.17 bits per heavy atom. The van der Waals surface area contributed by atoms with E-state index in [1.54, 1.807) is 6.20 Å². The lowest BCUT2D eigenvalue weighted by molar-refractivity contribution is 0.418. The number of fused-ring (bicyclic) bond motifs is 1. The van der Waals surface area contributed by atoms with Crippen molar-refractivity contribution in [1.82, 2.24) is 25.6 Å². The predicted octanol–water partition coefficient (Wildman–Crippen LogP) is 2.97. The highest BCUT2D eigenvalue weighted by atomic mass is 35.5. The molecule has 3 aromatic rings. The summed E-state index contributed by atoms with van der Waals surface area (Å²) in [6.45, 7) is 6.19. The Morgan fingerprint density at radius 3 is 2.65 bits per heavy atom. The van der Waals surface area contributed by atoms with Crippen LogP contribution in [-0.4, -0.2) is 33.4 Å². The van der Waals surface area contributed by atoms with E-state index in [1.165, 1.54) is 0 Å². The number of hydrogen-bond donors (Lipinski definition) is 1. The van der Waals surface area contributed by atoms with Crippen molar-refractivity contribution < 1.29 is 9.05 Å². The first-order valence-electron chi connectivity index (χ1n) is 7.34. The lowest BCUT2D eigenvalue weighted by Gasteiger charge is -2.04. The third kappa shape index (κ3) is 3.51. The van der Waals surface area contributed by atoms with Crippen molar-refractivity contribution in [2.45, 2.75) is 39.2 Å². The molecule has 0 fully saturated rings. The highest BCUT2D eigenvalue weighted by Gasteiger charge is 2.16. The van der Waals surface area contributed by atoms with Crippen LogP contribution in [0.1, 0.15) is 38.2 Å². The van der Waals surface area contributed by atoms with Gasteiger partial charge in [0.15, 0.2) is 5.82 Å². The Kier molecular flexibility index (Phi) is 5.33. The van der Waals surface area contributed by atoms with Crippen molar-refractivity contribution in [3.8, 4) is 11.5 Å². The molecule has 7 nitrogen and oxygen atoms in total. The number of nitrogens with one attached hydrogen (secondary N) is 1. The van der Waals surface area contributed by atoms with Crippen molar-refractivity contribution in [3.63, 3.8) is 0 Å². The molecule has 1 atom stereocenters. The quantitative estimate of drug-likeness (QED) is 0.765. The zero-order valence-electron chi connectivity index (χ0n) is 13.5. The van der Waals surface area contributed by atoms with Gasteiger partial charge in [-0.05, 0) is 26.0 Å². The fourth-order valence-electron chi connectivity index (χ4n) is 2.21. The molecular formula is C15H20ClN5O2. The van der Waals surface area contributed by atoms with E-state index in [1.807, 2.05) is 13.1 Å². The normalized spacial score (nSPS) is 12.6. The molecule has 8 heteroatoms. The van der Waals surface area contributed by atoms with E-state index >= 15 is 0 Å². The molecule has 1 N–H and O–H groups in total. The second-order valence-electron chi connectivity index (χ2n) is 5.71. The third-order valence-corrected chi connectivity index (χ3v) is 3.60. The summed E-state index contributed by atoms with van der Waals surface area (Å²) in [5, 5.41) is 12.1. The highest BCUT2D eigenvalue weighted by molar-refractivity contribution is 5.85. The first-order valence-corrected chi connectivity index (χ1v) is 7.34. The van der Waals surface area contributed by atoms with Crippen LogP contribution in [0.5, 0.6) is 0 Å². The molecule has 0 radical (unpaired) electrons. The van der Waals surface area contributed by atoms with Gasteiger partial charge in [-0.1, -0.05) is 24.2 Å². The summed E-state index contributed by atoms with van der Waals surface area (Å²) in [4.78, 5) is 8.70. The van der Waals surface area contributed by atoms with Crippen molar-refractivity contribution in [1.29, 1.82) is 0 Å². The topological polar surface area (TPSA) is 89.9 Å². The molecule has 3 heterocycles. The summed E-state index contributed by atoms with van der Waals surface area (Å²) < 4.78 is 10.6. The molecule has 0 aliphatic rings. The van der Waals surface area contributed by atoms with Gasteiger partial charge in [0.25, 0.3) is 11.6 Å². The van der Waals surface area contributed by atoms with Gasteiger partial charge in [0.05, 0.1) is 16.6 Å². The molecule has 0 bridgehead atoms. The zero-order chi connectivity index (χ0) is 15.7. The summed E-state index contributed by atoms with van der Waals surface area (Å²) in [5.74, 6) is 1.39. The molecule has 0 saturated carbocycles. The number of pyridine rings is 1. The maximum absolute atomic E-state index is 5.34. The standard InChI is InChI=1S/C15H19N5O2.ClH/c1-8(2)13-11-6-10(7-17-15(11)22-20-13)14-18-12(19-21-14)5-9(3)16-4;/h6-9,16H,5H2,1-4H3;1H. The van der Waals surface area contributed by atoms with Crippen LogP contribution >= 0.6 is 12.4 Å². The average Bonchev–Trinajstić information content (AvgIpc) is 3.12. The van der Waals surface area contributed by atoms with Crippen LogP contribution in [0.2, 0.25) is 0 Å². The first kappa shape index (κ1) is 17.4. The molecular weight excluding hydrogens is 318 g/mol. The molecule has 0 spiro atoms. The second-order valence-corrected chi connectivity index (χ2v) is 5.71. The number of rotatable bonds is 5. The number of hydrogen-bond acceptors (Lipinski definition) is 7. The molecule has 0 aliphatic heterocycles. The molecule has 0 amide bonds. The maximum atomic E-state index is 5.34. The van der Waals surface area contributed by atoms with Crippen LogP contribution in [0.25, 0.3) is 22.6 Å². The van der Waals surface area contributed by atoms with Gasteiger partial charge in [0, 0.05) is 18.7 Å². The highest BCUT2D eigenvalue weighted by Crippen LogP contribution is 2.27. The molecule has 23 heavy (non-hydrogen) atoms. The lowest BCUT2D eigenvalue weighted by atomic mass is 10.1. The van der Waals surface area contributed by atoms with E-state index in [4.69, 9.17) is 9.05 Å². The molecule has 0 saturated heterocycles. The summed E-state index contributed by atoms with van der Waals surface area (Å²) in [6, 6.07) is 2.23. The SMILES string of the molecule is CNC(C)Cc1noc(-c2cnc3onc(C(C)C)c3c2)n1.Cl. The van der Waals surface area contributed by atoms with E-state index in [9.17, 15) is 0 Å². The summed E-state index contributed by atoms with van der Waals surface area (Å²) in [7, 11) is 1.91. The minimum Gasteiger partial charge on any atom is -0.336 e. The number of likely N-dealkylation sites (N-methyl/N-ethyl adjacent to an activating group) is 1. The Bertz CT molecular complexity index is 783. The Balaban J connectivity index is 0.00000192. The van der Waals surface area contributed by atoms with E-state index in [0.717, 1.165) is 16.6 Å². The van der Waals surface area contributed by atoms with Gasteiger partial charge in [0.1, 0.15) is 0 Å². The molecule has 3 rings (SSSR count). The van der Waals surface area contributed by atoms with Crippen molar-refractivity contribution >= 4 is 23.5 Å². The van der Waals surface area contributed by atoms with Crippen LogP contribution in [0.4, 0.5) is 0 Å². The molecule has 0 aliphatic carbocycles. The Labute approximate surface area is 140 Å². The summed E-state index contributed by atoms with van der Waals surface area (Å²) in [6.07, 6.45) is 2.37. The smallest absolute Gasteiger partial charge is 0.259 e. The molecule has 0 aromatic carbocycles. The largest absolute Gasteiger partial charge is 0.336 e. The first-order chi connectivity index (χ1) is 10.6. The summed E-state index contributed by atoms with van der Waals surface area (Å²) in [5.41, 5.74) is 2.18. The van der Waals surface area contributed by atoms with Gasteiger partial charge >= 0.3 is 0 Å². The van der Waals surface area contributed by atoms with Gasteiger partial charge < -0.3 is 14.4 Å². The van der Waals surface area contributed by atoms with Crippen LogP contribution in [0.15, 0.2) is 21.3 Å². The number of aromatic nitrogens is 4. The van der Waals surface area contributed by atoms with Crippen LogP contribution in [0, 0.1) is 0 Å². The van der Waals surface area contributed by atoms with Gasteiger partial charge in [0.2, 0.25) is 0 Å². The van der Waals surface area contributed by atoms with E-state index < -0.39 is 0 Å². The summed E-state index contributed by atoms with van der Waals surface area (Å²) >= 11 is 0. The number of nitrogens with zero attached hydrogens (tertiary/aromatic N) is 4. The Hall–Kier alpha value is -1.99. The van der Waals surface area contributed by atoms with Crippen molar-refractivity contribution in [2.75, 3.05) is 7.05 Å². The minimum atomic E-state index is 0. The number of halogens is 1. The van der Waals surface area contributed by atoms with E-state index in [2.05, 4.69) is 46.4 Å². The van der Waals surface area contributed by atoms with Crippen molar-refractivity contribution in [3.05, 3.63) is 23.8 Å². The van der Waals surface area contributed by atoms with Gasteiger partial charge in [-0.25, -0.2) is 4.98 Å². The second kappa shape index (κ2) is 7.06. The average molecular weight is 338 g/mol. The van der Waals surface area contributed by atoms with Gasteiger partial charge in [-0.15, -0.1) is 12.4 Å². The maximum Gasteiger partial charge on any atom is 0.259 e. The fraction of sp³-hybridized carbons (Fsp3) is 0.467. The monoisotopic (exact) mass is 337 g/mol. The van der Waals surface area contributed by atoms with Crippen LogP contribution in [0.3, 0.4) is 0 Å². The molecule has 1 unspecified atom stereocenters. The van der Waals surface area contributed by atoms with Gasteiger partial charge in [-0.2, -0.15) is 4.98 Å². The minimum absolute atomic E-state index is 0.